The molecule has 1 aliphatic rings. The number of anilines is 2. The first-order chi connectivity index (χ1) is 17.4. The van der Waals surface area contributed by atoms with Crippen molar-refractivity contribution < 1.29 is 4.84 Å². The van der Waals surface area contributed by atoms with Crippen LogP contribution in [0.25, 0.3) is 22.2 Å². The fraction of sp³-hybridized carbons (Fsp3) is 0.269. The molecule has 3 heterocycles. The summed E-state index contributed by atoms with van der Waals surface area (Å²) in [4.78, 5) is 27.7. The van der Waals surface area contributed by atoms with Gasteiger partial charge >= 0.3 is 0 Å². The second kappa shape index (κ2) is 10.1. The van der Waals surface area contributed by atoms with Gasteiger partial charge in [0.2, 0.25) is 5.95 Å². The lowest BCUT2D eigenvalue weighted by molar-refractivity contribution is 0.168. The molecule has 4 aromatic rings. The number of nitrogens with one attached hydrogen (secondary N) is 3. The molecule has 186 valence electrons. The molecular weight excluding hydrogens is 499 g/mol. The van der Waals surface area contributed by atoms with Crippen molar-refractivity contribution in [3.05, 3.63) is 80.7 Å². The summed E-state index contributed by atoms with van der Waals surface area (Å²) in [6, 6.07) is 15.0. The van der Waals surface area contributed by atoms with Gasteiger partial charge in [-0.25, -0.2) is 4.98 Å². The number of nitrogens with zero attached hydrogens (tertiary/aromatic N) is 3. The van der Waals surface area contributed by atoms with Crippen LogP contribution in [0.15, 0.2) is 59.5 Å². The molecule has 1 aliphatic heterocycles. The highest BCUT2D eigenvalue weighted by atomic mass is 35.5. The summed E-state index contributed by atoms with van der Waals surface area (Å²) in [7, 11) is 1.41. The van der Waals surface area contributed by atoms with Gasteiger partial charge < -0.3 is 10.2 Å². The van der Waals surface area contributed by atoms with Crippen LogP contribution < -0.4 is 26.6 Å². The minimum absolute atomic E-state index is 0.0538. The Morgan fingerprint density at radius 2 is 1.86 bits per heavy atom. The number of aromatic nitrogens is 3. The predicted octanol–water partition coefficient (Wildman–Crippen LogP) is 4.71. The lowest BCUT2D eigenvalue weighted by atomic mass is 9.79. The second-order valence-electron chi connectivity index (χ2n) is 9.06. The molecular formula is C26H26Cl2N6O2. The van der Waals surface area contributed by atoms with Gasteiger partial charge in [-0.2, -0.15) is 4.98 Å². The van der Waals surface area contributed by atoms with Gasteiger partial charge in [0.05, 0.1) is 15.6 Å². The smallest absolute Gasteiger partial charge is 0.293 e. The predicted molar refractivity (Wildman–Crippen MR) is 144 cm³/mol. The molecule has 3 N–H and O–H groups in total. The largest absolute Gasteiger partial charge is 0.412 e. The minimum Gasteiger partial charge on any atom is -0.412 e. The Morgan fingerprint density at radius 3 is 2.58 bits per heavy atom. The third-order valence-electron chi connectivity index (χ3n) is 6.59. The van der Waals surface area contributed by atoms with Gasteiger partial charge in [0, 0.05) is 41.3 Å². The number of hydrazine groups is 1. The molecule has 2 aromatic heterocycles. The maximum atomic E-state index is 13.3. The summed E-state index contributed by atoms with van der Waals surface area (Å²) in [6.07, 6.45) is 3.84. The zero-order valence-electron chi connectivity index (χ0n) is 19.9. The molecule has 0 aliphatic carbocycles. The van der Waals surface area contributed by atoms with Gasteiger partial charge in [-0.15, -0.1) is 4.73 Å². The number of rotatable bonds is 5. The molecule has 8 nitrogen and oxygen atoms in total. The molecule has 0 radical (unpaired) electrons. The zero-order valence-corrected chi connectivity index (χ0v) is 21.5. The lowest BCUT2D eigenvalue weighted by Crippen LogP contribution is -2.39. The monoisotopic (exact) mass is 524 g/mol. The van der Waals surface area contributed by atoms with Gasteiger partial charge in [0.1, 0.15) is 7.11 Å². The number of benzene rings is 2. The molecule has 1 atom stereocenters. The third kappa shape index (κ3) is 4.65. The molecule has 2 aromatic carbocycles. The topological polar surface area (TPSA) is 93.1 Å². The van der Waals surface area contributed by atoms with E-state index in [4.69, 9.17) is 28.0 Å². The van der Waals surface area contributed by atoms with Gasteiger partial charge in [0.15, 0.2) is 5.65 Å². The van der Waals surface area contributed by atoms with Crippen LogP contribution in [-0.2, 0) is 5.41 Å². The van der Waals surface area contributed by atoms with Crippen molar-refractivity contribution in [3.8, 4) is 11.1 Å². The Morgan fingerprint density at radius 1 is 1.11 bits per heavy atom. The van der Waals surface area contributed by atoms with Crippen LogP contribution in [-0.4, -0.2) is 34.9 Å². The molecule has 1 fully saturated rings. The first-order valence-electron chi connectivity index (χ1n) is 11.6. The average molecular weight is 525 g/mol. The van der Waals surface area contributed by atoms with E-state index in [0.29, 0.717) is 38.2 Å². The summed E-state index contributed by atoms with van der Waals surface area (Å²) in [5, 5.41) is 4.56. The minimum atomic E-state index is -0.422. The first-order valence-corrected chi connectivity index (χ1v) is 12.4. The summed E-state index contributed by atoms with van der Waals surface area (Å²) < 4.78 is 1.12. The van der Waals surface area contributed by atoms with E-state index in [9.17, 15) is 4.79 Å². The van der Waals surface area contributed by atoms with Crippen molar-refractivity contribution in [1.29, 1.82) is 0 Å². The zero-order chi connectivity index (χ0) is 25.3. The summed E-state index contributed by atoms with van der Waals surface area (Å²) in [6.45, 7) is 4.10. The fourth-order valence-corrected chi connectivity index (χ4v) is 5.17. The van der Waals surface area contributed by atoms with Crippen molar-refractivity contribution in [3.63, 3.8) is 0 Å². The third-order valence-corrected chi connectivity index (χ3v) is 7.22. The van der Waals surface area contributed by atoms with Crippen LogP contribution in [0.4, 0.5) is 11.6 Å². The molecule has 10 heteroatoms. The summed E-state index contributed by atoms with van der Waals surface area (Å²) in [5.74, 6) is 0.343. The van der Waals surface area contributed by atoms with Gasteiger partial charge in [0.25, 0.3) is 5.56 Å². The van der Waals surface area contributed by atoms with Crippen molar-refractivity contribution in [1.82, 2.24) is 25.5 Å². The molecule has 0 bridgehead atoms. The van der Waals surface area contributed by atoms with E-state index in [1.54, 1.807) is 30.5 Å². The maximum Gasteiger partial charge on any atom is 0.293 e. The number of hydrogen-bond acceptors (Lipinski definition) is 7. The van der Waals surface area contributed by atoms with E-state index < -0.39 is 5.56 Å². The van der Waals surface area contributed by atoms with Crippen LogP contribution in [0.5, 0.6) is 0 Å². The van der Waals surface area contributed by atoms with Gasteiger partial charge in [-0.05, 0) is 48.7 Å². The normalized spacial score (nSPS) is 18.1. The molecule has 1 saturated heterocycles. The second-order valence-corrected chi connectivity index (χ2v) is 9.87. The van der Waals surface area contributed by atoms with E-state index in [1.807, 2.05) is 12.1 Å². The van der Waals surface area contributed by atoms with Crippen molar-refractivity contribution in [2.24, 2.45) is 0 Å². The van der Waals surface area contributed by atoms with Gasteiger partial charge in [-0.3, -0.25) is 15.6 Å². The average Bonchev–Trinajstić information content (AvgIpc) is 3.10. The van der Waals surface area contributed by atoms with Crippen LogP contribution in [0.3, 0.4) is 0 Å². The SMILES string of the molecule is COn1c(=O)c(-c2c(Cl)cccc2Cl)cc2cnc(Nc3ccc(C4(C)CCCNNC4)cc3)nc21. The Balaban J connectivity index is 1.47. The molecule has 1 unspecified atom stereocenters. The van der Waals surface area contributed by atoms with E-state index >= 15 is 0 Å². The van der Waals surface area contributed by atoms with E-state index in [-0.39, 0.29) is 5.41 Å². The molecule has 36 heavy (non-hydrogen) atoms. The quantitative estimate of drug-likeness (QED) is 0.348. The van der Waals surface area contributed by atoms with Gasteiger partial charge in [-0.1, -0.05) is 48.3 Å². The van der Waals surface area contributed by atoms with Crippen molar-refractivity contribution >= 4 is 45.9 Å². The Kier molecular flexibility index (Phi) is 6.85. The van der Waals surface area contributed by atoms with E-state index in [2.05, 4.69) is 45.2 Å². The number of halogens is 2. The fourth-order valence-electron chi connectivity index (χ4n) is 4.57. The Hall–Kier alpha value is -3.17. The standard InChI is InChI=1S/C26H26Cl2N6O2/c1-26(11-4-12-30-31-15-26)17-7-9-18(10-8-17)32-25-29-14-16-13-19(22-20(27)5-3-6-21(22)28)24(35)34(36-2)23(16)33-25/h3,5-10,13-14,30-31H,4,11-12,15H2,1-2H3,(H,29,32,33). The summed E-state index contributed by atoms with van der Waals surface area (Å²) in [5.41, 5.74) is 9.35. The highest BCUT2D eigenvalue weighted by Crippen LogP contribution is 2.34. The Bertz CT molecular complexity index is 1440. The van der Waals surface area contributed by atoms with Crippen molar-refractivity contribution in [2.45, 2.75) is 25.2 Å². The number of hydrogen-bond donors (Lipinski definition) is 3. The summed E-state index contributed by atoms with van der Waals surface area (Å²) >= 11 is 12.7. The lowest BCUT2D eigenvalue weighted by Gasteiger charge is -2.28. The van der Waals surface area contributed by atoms with Crippen LogP contribution >= 0.6 is 23.2 Å². The number of pyridine rings is 1. The van der Waals surface area contributed by atoms with Crippen molar-refractivity contribution in [2.75, 3.05) is 25.5 Å². The molecule has 5 rings (SSSR count). The highest BCUT2D eigenvalue weighted by molar-refractivity contribution is 6.39. The maximum absolute atomic E-state index is 13.3. The number of fused-ring (bicyclic) bond motifs is 1. The molecule has 0 saturated carbocycles. The van der Waals surface area contributed by atoms with Crippen LogP contribution in [0.1, 0.15) is 25.3 Å². The first kappa shape index (κ1) is 24.5. The van der Waals surface area contributed by atoms with E-state index in [0.717, 1.165) is 36.3 Å². The van der Waals surface area contributed by atoms with Crippen LogP contribution in [0, 0.1) is 0 Å². The molecule has 0 amide bonds. The van der Waals surface area contributed by atoms with E-state index in [1.165, 1.54) is 12.7 Å². The Labute approximate surface area is 218 Å². The molecule has 0 spiro atoms. The highest BCUT2D eigenvalue weighted by Gasteiger charge is 2.27. The van der Waals surface area contributed by atoms with Crippen LogP contribution in [0.2, 0.25) is 10.0 Å².